The lowest BCUT2D eigenvalue weighted by atomic mass is 10.0. The van der Waals surface area contributed by atoms with Crippen LogP contribution in [0.2, 0.25) is 0 Å². The number of anilines is 1. The Bertz CT molecular complexity index is 1010. The molecule has 9 heteroatoms. The highest BCUT2D eigenvalue weighted by atomic mass is 35.5. The summed E-state index contributed by atoms with van der Waals surface area (Å²) in [6.45, 7) is 2.80. The topological polar surface area (TPSA) is 74.0 Å². The van der Waals surface area contributed by atoms with Crippen LogP contribution in [0.15, 0.2) is 17.1 Å². The van der Waals surface area contributed by atoms with Crippen LogP contribution >= 0.6 is 12.4 Å². The fourth-order valence-corrected chi connectivity index (χ4v) is 4.28. The molecule has 3 heterocycles. The number of alkyl halides is 1. The van der Waals surface area contributed by atoms with Crippen molar-refractivity contribution in [3.63, 3.8) is 0 Å². The van der Waals surface area contributed by atoms with Gasteiger partial charge in [0, 0.05) is 25.7 Å². The number of carboxylic acids is 1. The number of carbonyl (C=O) groups is 1. The van der Waals surface area contributed by atoms with Gasteiger partial charge in [0.1, 0.15) is 12.2 Å². The molecule has 2 aromatic rings. The van der Waals surface area contributed by atoms with Crippen LogP contribution in [0.4, 0.5) is 14.5 Å². The van der Waals surface area contributed by atoms with Gasteiger partial charge in [-0.25, -0.2) is 13.6 Å². The first-order valence-electron chi connectivity index (χ1n) is 9.58. The molecule has 29 heavy (non-hydrogen) atoms. The zero-order chi connectivity index (χ0) is 20.0. The fourth-order valence-electron chi connectivity index (χ4n) is 4.28. The van der Waals surface area contributed by atoms with Crippen LogP contribution in [0, 0.1) is 12.7 Å². The van der Waals surface area contributed by atoms with Crippen LogP contribution in [-0.2, 0) is 0 Å². The Morgan fingerprint density at radius 2 is 2.07 bits per heavy atom. The molecule has 6 nitrogen and oxygen atoms in total. The number of nitrogens with zero attached hydrogens (tertiary/aromatic N) is 2. The number of aryl methyl sites for hydroxylation is 1. The van der Waals surface area contributed by atoms with Crippen molar-refractivity contribution in [2.45, 2.75) is 38.1 Å². The zero-order valence-electron chi connectivity index (χ0n) is 16.1. The number of halogens is 3. The second-order valence-electron chi connectivity index (χ2n) is 7.64. The molecule has 2 fully saturated rings. The van der Waals surface area contributed by atoms with Gasteiger partial charge < -0.3 is 15.3 Å². The van der Waals surface area contributed by atoms with E-state index in [0.29, 0.717) is 29.9 Å². The summed E-state index contributed by atoms with van der Waals surface area (Å²) in [5.41, 5.74) is 1.43. The van der Waals surface area contributed by atoms with E-state index in [1.165, 1.54) is 6.07 Å². The number of hydrogen-bond donors (Lipinski definition) is 2. The standard InChI is InChI=1S/C20H23F2N3O3.ClH/c1-11-17-14(12-2-3-12)8-15(20(27)28)19(26)25(17)10-16(22)18(11)24-7-4-13(9-24)23-6-5-21;/h8,10,12-13,23H,2-7,9H2,1H3,(H,27,28);1H/t13-;/m1./s1. The van der Waals surface area contributed by atoms with E-state index in [9.17, 15) is 19.1 Å². The smallest absolute Gasteiger partial charge is 0.341 e. The number of carboxylic acid groups (broad SMARTS) is 1. The second kappa shape index (κ2) is 8.28. The Morgan fingerprint density at radius 3 is 2.69 bits per heavy atom. The van der Waals surface area contributed by atoms with Gasteiger partial charge in [0.05, 0.1) is 17.4 Å². The van der Waals surface area contributed by atoms with E-state index in [2.05, 4.69) is 5.32 Å². The van der Waals surface area contributed by atoms with Crippen LogP contribution < -0.4 is 15.8 Å². The lowest BCUT2D eigenvalue weighted by molar-refractivity contribution is 0.0694. The van der Waals surface area contributed by atoms with E-state index in [1.807, 2.05) is 4.90 Å². The van der Waals surface area contributed by atoms with Crippen LogP contribution in [0.5, 0.6) is 0 Å². The molecule has 0 unspecified atom stereocenters. The minimum Gasteiger partial charge on any atom is -0.477 e. The third-order valence-electron chi connectivity index (χ3n) is 5.72. The molecule has 1 atom stereocenters. The molecular weight excluding hydrogens is 404 g/mol. The van der Waals surface area contributed by atoms with Crippen molar-refractivity contribution in [1.29, 1.82) is 0 Å². The van der Waals surface area contributed by atoms with Crippen LogP contribution in [0.3, 0.4) is 0 Å². The first kappa shape index (κ1) is 21.5. The van der Waals surface area contributed by atoms with Gasteiger partial charge in [-0.1, -0.05) is 0 Å². The molecule has 2 aliphatic rings. The van der Waals surface area contributed by atoms with Gasteiger partial charge in [-0.2, -0.15) is 0 Å². The molecule has 1 aliphatic carbocycles. The number of rotatable bonds is 6. The van der Waals surface area contributed by atoms with E-state index in [4.69, 9.17) is 0 Å². The predicted octanol–water partition coefficient (Wildman–Crippen LogP) is 2.88. The number of pyridine rings is 2. The molecule has 0 aromatic carbocycles. The van der Waals surface area contributed by atoms with E-state index in [1.54, 1.807) is 6.92 Å². The molecule has 1 saturated carbocycles. The van der Waals surface area contributed by atoms with Crippen molar-refractivity contribution < 1.29 is 18.7 Å². The highest BCUT2D eigenvalue weighted by Crippen LogP contribution is 2.44. The average molecular weight is 428 g/mol. The quantitative estimate of drug-likeness (QED) is 0.741. The minimum atomic E-state index is -1.30. The SMILES string of the molecule is Cc1c(N2CC[C@@H](NCCF)C2)c(F)cn2c(=O)c(C(=O)O)cc(C3CC3)c12.Cl. The molecular formula is C20H24ClF2N3O3. The highest BCUT2D eigenvalue weighted by Gasteiger charge is 2.32. The second-order valence-corrected chi connectivity index (χ2v) is 7.64. The van der Waals surface area contributed by atoms with Crippen molar-refractivity contribution in [2.24, 2.45) is 0 Å². The summed E-state index contributed by atoms with van der Waals surface area (Å²) < 4.78 is 28.6. The third-order valence-corrected chi connectivity index (χ3v) is 5.72. The molecule has 0 spiro atoms. The minimum absolute atomic E-state index is 0. The van der Waals surface area contributed by atoms with Crippen molar-refractivity contribution in [1.82, 2.24) is 9.72 Å². The maximum absolute atomic E-state index is 15.0. The fraction of sp³-hybridized carbons (Fsp3) is 0.500. The summed E-state index contributed by atoms with van der Waals surface area (Å²) in [6, 6.07) is 1.55. The largest absolute Gasteiger partial charge is 0.477 e. The lowest BCUT2D eigenvalue weighted by Crippen LogP contribution is -2.34. The highest BCUT2D eigenvalue weighted by molar-refractivity contribution is 5.89. The molecule has 158 valence electrons. The summed E-state index contributed by atoms with van der Waals surface area (Å²) in [5, 5.41) is 12.5. The van der Waals surface area contributed by atoms with Gasteiger partial charge in [-0.15, -0.1) is 12.4 Å². The first-order valence-corrected chi connectivity index (χ1v) is 9.58. The monoisotopic (exact) mass is 427 g/mol. The molecule has 4 rings (SSSR count). The summed E-state index contributed by atoms with van der Waals surface area (Å²) in [4.78, 5) is 26.0. The molecule has 1 saturated heterocycles. The Hall–Kier alpha value is -2.19. The maximum Gasteiger partial charge on any atom is 0.341 e. The van der Waals surface area contributed by atoms with Gasteiger partial charge in [0.25, 0.3) is 5.56 Å². The van der Waals surface area contributed by atoms with Gasteiger partial charge in [0.2, 0.25) is 0 Å². The Balaban J connectivity index is 0.00000240. The summed E-state index contributed by atoms with van der Waals surface area (Å²) in [6.07, 6.45) is 3.75. The first-order chi connectivity index (χ1) is 13.4. The lowest BCUT2D eigenvalue weighted by Gasteiger charge is -2.24. The van der Waals surface area contributed by atoms with E-state index < -0.39 is 24.0 Å². The number of fused-ring (bicyclic) bond motifs is 1. The van der Waals surface area contributed by atoms with E-state index in [-0.39, 0.29) is 36.5 Å². The van der Waals surface area contributed by atoms with E-state index in [0.717, 1.165) is 35.4 Å². The Labute approximate surface area is 172 Å². The van der Waals surface area contributed by atoms with Crippen LogP contribution in [-0.4, -0.2) is 47.8 Å². The van der Waals surface area contributed by atoms with Gasteiger partial charge in [-0.05, 0) is 49.3 Å². The Morgan fingerprint density at radius 1 is 1.34 bits per heavy atom. The normalized spacial score (nSPS) is 18.9. The van der Waals surface area contributed by atoms with Crippen molar-refractivity contribution in [3.8, 4) is 0 Å². The number of aromatic nitrogens is 1. The average Bonchev–Trinajstić information content (AvgIpc) is 3.39. The summed E-state index contributed by atoms with van der Waals surface area (Å²) >= 11 is 0. The molecule has 2 aromatic heterocycles. The van der Waals surface area contributed by atoms with Crippen LogP contribution in [0.1, 0.15) is 46.7 Å². The molecule has 0 amide bonds. The van der Waals surface area contributed by atoms with Crippen molar-refractivity contribution in [3.05, 3.63) is 45.1 Å². The molecule has 2 N–H and O–H groups in total. The maximum atomic E-state index is 15.0. The molecule has 0 bridgehead atoms. The Kier molecular flexibility index (Phi) is 6.14. The van der Waals surface area contributed by atoms with Gasteiger partial charge in [0.15, 0.2) is 5.82 Å². The number of aromatic carboxylic acids is 1. The van der Waals surface area contributed by atoms with Crippen molar-refractivity contribution >= 4 is 29.6 Å². The number of hydrogen-bond acceptors (Lipinski definition) is 4. The van der Waals surface area contributed by atoms with E-state index >= 15 is 4.39 Å². The van der Waals surface area contributed by atoms with Crippen LogP contribution in [0.25, 0.3) is 5.52 Å². The predicted molar refractivity (Wildman–Crippen MR) is 109 cm³/mol. The number of nitrogens with one attached hydrogen (secondary N) is 1. The zero-order valence-corrected chi connectivity index (χ0v) is 16.9. The van der Waals surface area contributed by atoms with Gasteiger partial charge >= 0.3 is 5.97 Å². The third kappa shape index (κ3) is 3.83. The molecule has 1 aliphatic heterocycles. The molecule has 0 radical (unpaired) electrons. The summed E-state index contributed by atoms with van der Waals surface area (Å²) in [5.74, 6) is -1.66. The summed E-state index contributed by atoms with van der Waals surface area (Å²) in [7, 11) is 0. The van der Waals surface area contributed by atoms with Crippen molar-refractivity contribution in [2.75, 3.05) is 31.2 Å². The van der Waals surface area contributed by atoms with Gasteiger partial charge in [-0.3, -0.25) is 9.20 Å².